The van der Waals surface area contributed by atoms with Gasteiger partial charge in [0.25, 0.3) is 5.56 Å². The number of nitrogens with zero attached hydrogens (tertiary/aromatic N) is 7. The van der Waals surface area contributed by atoms with Gasteiger partial charge in [0.05, 0.1) is 24.3 Å². The Labute approximate surface area is 196 Å². The Hall–Kier alpha value is -3.60. The maximum Gasteiger partial charge on any atom is 0.332 e. The number of nitrogens with two attached hydrogens (primary N) is 1. The Morgan fingerprint density at radius 2 is 2.09 bits per heavy atom. The van der Waals surface area contributed by atoms with Crippen LogP contribution in [0.2, 0.25) is 0 Å². The van der Waals surface area contributed by atoms with Gasteiger partial charge in [-0.15, -0.1) is 18.3 Å². The van der Waals surface area contributed by atoms with E-state index in [2.05, 4.69) is 27.9 Å². The zero-order valence-corrected chi connectivity index (χ0v) is 19.3. The molecule has 10 nitrogen and oxygen atoms in total. The Morgan fingerprint density at radius 1 is 1.30 bits per heavy atom. The predicted octanol–water partition coefficient (Wildman–Crippen LogP) is 0.584. The van der Waals surface area contributed by atoms with E-state index in [0.717, 1.165) is 24.0 Å². The summed E-state index contributed by atoms with van der Waals surface area (Å²) in [6.07, 6.45) is 3.38. The van der Waals surface area contributed by atoms with Gasteiger partial charge in [0.2, 0.25) is 5.95 Å². The molecule has 1 saturated heterocycles. The van der Waals surface area contributed by atoms with E-state index in [1.165, 1.54) is 10.8 Å². The van der Waals surface area contributed by atoms with Crippen LogP contribution in [0.5, 0.6) is 0 Å². The van der Waals surface area contributed by atoms with Gasteiger partial charge >= 0.3 is 5.69 Å². The third kappa shape index (κ3) is 4.36. The molecule has 0 spiro atoms. The summed E-state index contributed by atoms with van der Waals surface area (Å²) in [4.78, 5) is 37.5. The first-order chi connectivity index (χ1) is 15.5. The molecular weight excluding hydrogens is 444 g/mol. The van der Waals surface area contributed by atoms with E-state index < -0.39 is 11.2 Å². The van der Waals surface area contributed by atoms with Gasteiger partial charge < -0.3 is 10.6 Å². The summed E-state index contributed by atoms with van der Waals surface area (Å²) in [6, 6.07) is 5.32. The minimum absolute atomic E-state index is 0. The highest BCUT2D eigenvalue weighted by Crippen LogP contribution is 2.22. The number of hydrogen-bond donors (Lipinski definition) is 1. The SMILES string of the molecule is CC#CCn1c(N2CCC[C@@H](N)C2)nc2c1c(=O)n(Cc1ncccc1C#N)c(=O)n2C.Cl. The number of aromatic nitrogens is 5. The van der Waals surface area contributed by atoms with Crippen LogP contribution in [-0.2, 0) is 20.1 Å². The van der Waals surface area contributed by atoms with E-state index >= 15 is 0 Å². The smallest absolute Gasteiger partial charge is 0.332 e. The molecule has 4 rings (SSSR count). The molecule has 2 N–H and O–H groups in total. The molecule has 3 aromatic rings. The molecule has 4 heterocycles. The quantitative estimate of drug-likeness (QED) is 0.555. The molecule has 0 saturated carbocycles. The Morgan fingerprint density at radius 3 is 2.79 bits per heavy atom. The second-order valence-corrected chi connectivity index (χ2v) is 7.79. The summed E-state index contributed by atoms with van der Waals surface area (Å²) in [5.41, 5.74) is 6.41. The Kier molecular flexibility index (Phi) is 7.22. The third-order valence-electron chi connectivity index (χ3n) is 5.69. The molecule has 1 aliphatic heterocycles. The van der Waals surface area contributed by atoms with Crippen molar-refractivity contribution >= 4 is 29.5 Å². The van der Waals surface area contributed by atoms with Crippen molar-refractivity contribution in [2.45, 2.75) is 38.9 Å². The fraction of sp³-hybridized carbons (Fsp3) is 0.409. The van der Waals surface area contributed by atoms with Crippen LogP contribution in [0.15, 0.2) is 27.9 Å². The van der Waals surface area contributed by atoms with Gasteiger partial charge in [-0.05, 0) is 31.9 Å². The second-order valence-electron chi connectivity index (χ2n) is 7.79. The number of piperidine rings is 1. The first-order valence-electron chi connectivity index (χ1n) is 10.4. The van der Waals surface area contributed by atoms with Crippen molar-refractivity contribution in [3.63, 3.8) is 0 Å². The lowest BCUT2D eigenvalue weighted by Crippen LogP contribution is -2.44. The van der Waals surface area contributed by atoms with Crippen molar-refractivity contribution in [2.24, 2.45) is 12.8 Å². The summed E-state index contributed by atoms with van der Waals surface area (Å²) in [7, 11) is 1.58. The van der Waals surface area contributed by atoms with Crippen LogP contribution in [0, 0.1) is 23.2 Å². The number of rotatable bonds is 4. The fourth-order valence-corrected chi connectivity index (χ4v) is 4.06. The van der Waals surface area contributed by atoms with Crippen LogP contribution in [0.25, 0.3) is 11.2 Å². The highest BCUT2D eigenvalue weighted by molar-refractivity contribution is 5.85. The maximum atomic E-state index is 13.5. The largest absolute Gasteiger partial charge is 0.341 e. The van der Waals surface area contributed by atoms with Crippen molar-refractivity contribution < 1.29 is 0 Å². The summed E-state index contributed by atoms with van der Waals surface area (Å²) in [5, 5.41) is 9.37. The number of hydrogen-bond acceptors (Lipinski definition) is 7. The molecule has 3 aromatic heterocycles. The van der Waals surface area contributed by atoms with Crippen molar-refractivity contribution in [2.75, 3.05) is 18.0 Å². The van der Waals surface area contributed by atoms with Crippen LogP contribution in [0.1, 0.15) is 31.0 Å². The summed E-state index contributed by atoms with van der Waals surface area (Å²) >= 11 is 0. The number of aryl methyl sites for hydroxylation is 1. The first-order valence-corrected chi connectivity index (χ1v) is 10.4. The van der Waals surface area contributed by atoms with Gasteiger partial charge in [0.1, 0.15) is 6.07 Å². The number of fused-ring (bicyclic) bond motifs is 1. The van der Waals surface area contributed by atoms with Crippen LogP contribution in [0.4, 0.5) is 5.95 Å². The molecule has 33 heavy (non-hydrogen) atoms. The van der Waals surface area contributed by atoms with E-state index in [1.807, 2.05) is 4.90 Å². The summed E-state index contributed by atoms with van der Waals surface area (Å²) in [6.45, 7) is 3.26. The number of anilines is 1. The van der Waals surface area contributed by atoms with Crippen LogP contribution in [0.3, 0.4) is 0 Å². The lowest BCUT2D eigenvalue weighted by atomic mass is 10.1. The second kappa shape index (κ2) is 9.90. The molecule has 0 radical (unpaired) electrons. The minimum atomic E-state index is -0.523. The zero-order valence-electron chi connectivity index (χ0n) is 18.5. The first kappa shape index (κ1) is 24.1. The van der Waals surface area contributed by atoms with Gasteiger partial charge in [-0.3, -0.25) is 23.5 Å². The van der Waals surface area contributed by atoms with E-state index in [4.69, 9.17) is 5.73 Å². The van der Waals surface area contributed by atoms with Crippen molar-refractivity contribution in [1.29, 1.82) is 5.26 Å². The average molecular weight is 469 g/mol. The fourth-order valence-electron chi connectivity index (χ4n) is 4.06. The van der Waals surface area contributed by atoms with E-state index in [1.54, 1.807) is 30.7 Å². The van der Waals surface area contributed by atoms with E-state index in [9.17, 15) is 14.9 Å². The highest BCUT2D eigenvalue weighted by Gasteiger charge is 2.26. The molecule has 1 fully saturated rings. The average Bonchev–Trinajstić information content (AvgIpc) is 3.19. The van der Waals surface area contributed by atoms with Crippen molar-refractivity contribution in [3.8, 4) is 17.9 Å². The minimum Gasteiger partial charge on any atom is -0.341 e. The normalized spacial score (nSPS) is 15.5. The van der Waals surface area contributed by atoms with Gasteiger partial charge in [-0.25, -0.2) is 4.79 Å². The van der Waals surface area contributed by atoms with Crippen LogP contribution >= 0.6 is 12.4 Å². The lowest BCUT2D eigenvalue weighted by Gasteiger charge is -2.31. The molecule has 172 valence electrons. The Bertz CT molecular complexity index is 1400. The van der Waals surface area contributed by atoms with Gasteiger partial charge in [0.15, 0.2) is 11.2 Å². The number of pyridine rings is 1. The molecule has 0 aliphatic carbocycles. The molecule has 0 aromatic carbocycles. The van der Waals surface area contributed by atoms with Crippen molar-refractivity contribution in [3.05, 3.63) is 50.4 Å². The number of imidazole rings is 1. The standard InChI is InChI=1S/C22H24N8O2.ClH/c1-3-4-11-29-18-19(26-21(29)28-10-6-8-16(24)13-28)27(2)22(32)30(20(18)31)14-17-15(12-23)7-5-9-25-17;/h5,7,9,16H,6,8,10-11,13-14,24H2,1-2H3;1H/t16-;/m1./s1. The molecular formula is C22H25ClN8O2. The molecule has 11 heteroatoms. The van der Waals surface area contributed by atoms with Gasteiger partial charge in [-0.2, -0.15) is 10.2 Å². The van der Waals surface area contributed by atoms with Crippen molar-refractivity contribution in [1.82, 2.24) is 23.7 Å². The lowest BCUT2D eigenvalue weighted by molar-refractivity contribution is 0.496. The molecule has 1 aliphatic rings. The zero-order chi connectivity index (χ0) is 22.8. The predicted molar refractivity (Wildman–Crippen MR) is 127 cm³/mol. The molecule has 0 amide bonds. The Balaban J connectivity index is 0.00000306. The van der Waals surface area contributed by atoms with Crippen LogP contribution < -0.4 is 21.9 Å². The number of halogens is 1. The third-order valence-corrected chi connectivity index (χ3v) is 5.69. The molecule has 0 bridgehead atoms. The highest BCUT2D eigenvalue weighted by atomic mass is 35.5. The topological polar surface area (TPSA) is 128 Å². The summed E-state index contributed by atoms with van der Waals surface area (Å²) < 4.78 is 4.20. The van der Waals surface area contributed by atoms with Gasteiger partial charge in [0, 0.05) is 32.4 Å². The van der Waals surface area contributed by atoms with E-state index in [0.29, 0.717) is 34.9 Å². The maximum absolute atomic E-state index is 13.5. The molecule has 1 atom stereocenters. The van der Waals surface area contributed by atoms with E-state index in [-0.39, 0.29) is 31.5 Å². The monoisotopic (exact) mass is 468 g/mol. The summed E-state index contributed by atoms with van der Waals surface area (Å²) in [5.74, 6) is 6.45. The van der Waals surface area contributed by atoms with Crippen LogP contribution in [-0.4, -0.2) is 42.8 Å². The van der Waals surface area contributed by atoms with Gasteiger partial charge in [-0.1, -0.05) is 5.92 Å². The molecule has 0 unspecified atom stereocenters. The number of nitriles is 1.